The molecule has 0 spiro atoms. The molecule has 0 aliphatic carbocycles. The summed E-state index contributed by atoms with van der Waals surface area (Å²) in [7, 11) is 1.63. The van der Waals surface area contributed by atoms with E-state index in [0.29, 0.717) is 29.4 Å². The van der Waals surface area contributed by atoms with Crippen molar-refractivity contribution in [2.75, 3.05) is 31.0 Å². The molecular formula is C16H18N4O4. The van der Waals surface area contributed by atoms with Gasteiger partial charge in [0.25, 0.3) is 11.8 Å². The molecule has 0 radical (unpaired) electrons. The monoisotopic (exact) mass is 330 g/mol. The Morgan fingerprint density at radius 3 is 3.12 bits per heavy atom. The van der Waals surface area contributed by atoms with Gasteiger partial charge < -0.3 is 20.1 Å². The summed E-state index contributed by atoms with van der Waals surface area (Å²) in [5.41, 5.74) is 0.824. The fraction of sp³-hybridized carbons (Fsp3) is 0.312. The quantitative estimate of drug-likeness (QED) is 0.870. The number of ether oxygens (including phenoxy) is 2. The van der Waals surface area contributed by atoms with Crippen LogP contribution in [0.25, 0.3) is 0 Å². The van der Waals surface area contributed by atoms with Gasteiger partial charge in [0, 0.05) is 19.4 Å². The Morgan fingerprint density at radius 1 is 1.50 bits per heavy atom. The molecule has 0 fully saturated rings. The van der Waals surface area contributed by atoms with Crippen molar-refractivity contribution >= 4 is 23.3 Å². The van der Waals surface area contributed by atoms with Crippen molar-refractivity contribution < 1.29 is 19.1 Å². The van der Waals surface area contributed by atoms with Crippen LogP contribution in [0.3, 0.4) is 0 Å². The fourth-order valence-electron chi connectivity index (χ4n) is 2.45. The number of rotatable bonds is 5. The molecular weight excluding hydrogens is 312 g/mol. The van der Waals surface area contributed by atoms with Crippen molar-refractivity contribution in [1.82, 2.24) is 9.78 Å². The minimum atomic E-state index is -0.354. The van der Waals surface area contributed by atoms with Crippen LogP contribution in [-0.2, 0) is 9.53 Å². The zero-order chi connectivity index (χ0) is 17.1. The van der Waals surface area contributed by atoms with Gasteiger partial charge in [-0.2, -0.15) is 5.10 Å². The Hall–Kier alpha value is -2.87. The molecule has 0 saturated carbocycles. The molecule has 2 N–H and O–H groups in total. The van der Waals surface area contributed by atoms with Gasteiger partial charge in [-0.05, 0) is 19.1 Å². The number of benzene rings is 1. The number of hydrogen-bond acceptors (Lipinski definition) is 5. The van der Waals surface area contributed by atoms with Crippen molar-refractivity contribution in [3.8, 4) is 5.75 Å². The van der Waals surface area contributed by atoms with Crippen molar-refractivity contribution in [3.05, 3.63) is 36.0 Å². The maximum atomic E-state index is 12.5. The summed E-state index contributed by atoms with van der Waals surface area (Å²) in [5.74, 6) is 0.195. The molecule has 0 saturated heterocycles. The summed E-state index contributed by atoms with van der Waals surface area (Å²) < 4.78 is 12.2. The van der Waals surface area contributed by atoms with Crippen LogP contribution in [0.2, 0.25) is 0 Å². The summed E-state index contributed by atoms with van der Waals surface area (Å²) in [5, 5.41) is 9.72. The maximum Gasteiger partial charge on any atom is 0.262 e. The lowest BCUT2D eigenvalue weighted by Gasteiger charge is -2.20. The van der Waals surface area contributed by atoms with Gasteiger partial charge in [0.15, 0.2) is 18.2 Å². The molecule has 126 valence electrons. The van der Waals surface area contributed by atoms with Crippen LogP contribution in [0.1, 0.15) is 23.3 Å². The minimum Gasteiger partial charge on any atom is -0.481 e. The molecule has 1 aliphatic heterocycles. The lowest BCUT2D eigenvalue weighted by Crippen LogP contribution is -2.27. The maximum absolute atomic E-state index is 12.5. The van der Waals surface area contributed by atoms with E-state index in [-0.39, 0.29) is 24.5 Å². The van der Waals surface area contributed by atoms with Gasteiger partial charge in [0.2, 0.25) is 0 Å². The molecule has 2 aromatic rings. The number of aromatic nitrogens is 2. The van der Waals surface area contributed by atoms with Crippen molar-refractivity contribution in [1.29, 1.82) is 0 Å². The molecule has 8 nitrogen and oxygen atoms in total. The number of fused-ring (bicyclic) bond motifs is 1. The van der Waals surface area contributed by atoms with E-state index in [4.69, 9.17) is 9.47 Å². The summed E-state index contributed by atoms with van der Waals surface area (Å²) >= 11 is 0. The number of nitrogens with one attached hydrogen (secondary N) is 2. The van der Waals surface area contributed by atoms with Crippen LogP contribution in [-0.4, -0.2) is 41.9 Å². The molecule has 3 rings (SSSR count). The zero-order valence-corrected chi connectivity index (χ0v) is 13.4. The van der Waals surface area contributed by atoms with E-state index in [0.717, 1.165) is 0 Å². The predicted molar refractivity (Wildman–Crippen MR) is 87.3 cm³/mol. The summed E-state index contributed by atoms with van der Waals surface area (Å²) in [6.07, 6.45) is 1.77. The zero-order valence-electron chi connectivity index (χ0n) is 13.4. The number of amides is 2. The third-order valence-corrected chi connectivity index (χ3v) is 3.59. The van der Waals surface area contributed by atoms with Gasteiger partial charge in [-0.15, -0.1) is 0 Å². The summed E-state index contributed by atoms with van der Waals surface area (Å²) in [6.45, 7) is 2.38. The fourth-order valence-corrected chi connectivity index (χ4v) is 2.45. The molecule has 24 heavy (non-hydrogen) atoms. The number of carbonyl (C=O) groups excluding carboxylic acids is 2. The van der Waals surface area contributed by atoms with Gasteiger partial charge in [-0.3, -0.25) is 14.3 Å². The van der Waals surface area contributed by atoms with E-state index >= 15 is 0 Å². The second-order valence-electron chi connectivity index (χ2n) is 5.46. The van der Waals surface area contributed by atoms with E-state index < -0.39 is 0 Å². The Bertz CT molecular complexity index is 771. The summed E-state index contributed by atoms with van der Waals surface area (Å²) in [4.78, 5) is 23.9. The second kappa shape index (κ2) is 6.71. The predicted octanol–water partition coefficient (Wildman–Crippen LogP) is 1.67. The smallest absolute Gasteiger partial charge is 0.262 e. The molecule has 2 heterocycles. The Balaban J connectivity index is 1.76. The summed E-state index contributed by atoms with van der Waals surface area (Å²) in [6, 6.07) is 6.77. The number of anilines is 2. The molecule has 1 aliphatic rings. The average molecular weight is 330 g/mol. The average Bonchev–Trinajstić information content (AvgIpc) is 3.02. The molecule has 8 heteroatoms. The molecule has 2 amide bonds. The lowest BCUT2D eigenvalue weighted by molar-refractivity contribution is -0.118. The minimum absolute atomic E-state index is 0.0590. The largest absolute Gasteiger partial charge is 0.481 e. The molecule has 1 aromatic heterocycles. The van der Waals surface area contributed by atoms with E-state index in [1.54, 1.807) is 42.3 Å². The molecule has 1 unspecified atom stereocenters. The van der Waals surface area contributed by atoms with Crippen molar-refractivity contribution in [2.24, 2.45) is 0 Å². The Labute approximate surface area is 138 Å². The topological polar surface area (TPSA) is 94.5 Å². The lowest BCUT2D eigenvalue weighted by atomic mass is 10.1. The highest BCUT2D eigenvalue weighted by molar-refractivity contribution is 6.08. The first kappa shape index (κ1) is 16.0. The first-order valence-electron chi connectivity index (χ1n) is 7.49. The first-order valence-corrected chi connectivity index (χ1v) is 7.49. The third-order valence-electron chi connectivity index (χ3n) is 3.59. The highest BCUT2D eigenvalue weighted by atomic mass is 16.5. The number of para-hydroxylation sites is 1. The van der Waals surface area contributed by atoms with Gasteiger partial charge in [0.1, 0.15) is 0 Å². The second-order valence-corrected chi connectivity index (χ2v) is 5.46. The number of methoxy groups -OCH3 is 1. The van der Waals surface area contributed by atoms with Crippen LogP contribution < -0.4 is 15.4 Å². The van der Waals surface area contributed by atoms with Gasteiger partial charge in [-0.1, -0.05) is 6.07 Å². The van der Waals surface area contributed by atoms with Crippen molar-refractivity contribution in [3.63, 3.8) is 0 Å². The molecule has 1 atom stereocenters. The van der Waals surface area contributed by atoms with Gasteiger partial charge >= 0.3 is 0 Å². The van der Waals surface area contributed by atoms with Crippen LogP contribution >= 0.6 is 0 Å². The van der Waals surface area contributed by atoms with E-state index in [9.17, 15) is 9.59 Å². The Kier molecular flexibility index (Phi) is 4.48. The van der Waals surface area contributed by atoms with Crippen LogP contribution in [0, 0.1) is 0 Å². The van der Waals surface area contributed by atoms with Crippen LogP contribution in [0.15, 0.2) is 30.5 Å². The Morgan fingerprint density at radius 2 is 2.33 bits per heavy atom. The molecule has 1 aromatic carbocycles. The van der Waals surface area contributed by atoms with Gasteiger partial charge in [0.05, 0.1) is 23.9 Å². The first-order chi connectivity index (χ1) is 11.6. The highest BCUT2D eigenvalue weighted by Gasteiger charge is 2.22. The number of hydrogen-bond donors (Lipinski definition) is 2. The number of carbonyl (C=O) groups is 2. The van der Waals surface area contributed by atoms with Gasteiger partial charge in [-0.25, -0.2) is 0 Å². The number of nitrogens with zero attached hydrogens (tertiary/aromatic N) is 2. The highest BCUT2D eigenvalue weighted by Crippen LogP contribution is 2.31. The van der Waals surface area contributed by atoms with E-state index in [1.165, 1.54) is 0 Å². The standard InChI is InChI=1S/C16H18N4O4/c1-10(8-23-2)20-7-6-13(19-20)18-16(22)11-4-3-5-12-15(11)24-9-14(21)17-12/h3-7,10H,8-9H2,1-2H3,(H,17,21)(H,18,19,22). The van der Waals surface area contributed by atoms with Crippen LogP contribution in [0.5, 0.6) is 5.75 Å². The van der Waals surface area contributed by atoms with E-state index in [2.05, 4.69) is 15.7 Å². The molecule has 0 bridgehead atoms. The van der Waals surface area contributed by atoms with E-state index in [1.807, 2.05) is 6.92 Å². The SMILES string of the molecule is COCC(C)n1ccc(NC(=O)c2cccc3c2OCC(=O)N3)n1. The van der Waals surface area contributed by atoms with Crippen molar-refractivity contribution in [2.45, 2.75) is 13.0 Å². The normalized spacial score (nSPS) is 14.3. The third kappa shape index (κ3) is 3.23. The van der Waals surface area contributed by atoms with Crippen LogP contribution in [0.4, 0.5) is 11.5 Å².